The van der Waals surface area contributed by atoms with E-state index in [1.165, 1.54) is 32.1 Å². The van der Waals surface area contributed by atoms with E-state index < -0.39 is 0 Å². The summed E-state index contributed by atoms with van der Waals surface area (Å²) in [6, 6.07) is 2.44. The van der Waals surface area contributed by atoms with Gasteiger partial charge >= 0.3 is 0 Å². The second-order valence-electron chi connectivity index (χ2n) is 5.82. The molecule has 2 unspecified atom stereocenters. The van der Waals surface area contributed by atoms with Crippen LogP contribution in [0.2, 0.25) is 0 Å². The molecular formula is C15H22N4. The quantitative estimate of drug-likeness (QED) is 0.797. The normalized spacial score (nSPS) is 24.5. The monoisotopic (exact) mass is 258 g/mol. The molecule has 0 aromatic carbocycles. The predicted octanol–water partition coefficient (Wildman–Crippen LogP) is 3.46. The number of aromatic nitrogens is 3. The van der Waals surface area contributed by atoms with Crippen LogP contribution in [-0.2, 0) is 0 Å². The molecular weight excluding hydrogens is 236 g/mol. The van der Waals surface area contributed by atoms with Crippen molar-refractivity contribution in [2.75, 3.05) is 5.73 Å². The summed E-state index contributed by atoms with van der Waals surface area (Å²) in [6.45, 7) is 4.40. The highest BCUT2D eigenvalue weighted by Crippen LogP contribution is 2.36. The summed E-state index contributed by atoms with van der Waals surface area (Å²) in [5, 5.41) is 0. The molecule has 4 nitrogen and oxygen atoms in total. The summed E-state index contributed by atoms with van der Waals surface area (Å²) >= 11 is 0. The van der Waals surface area contributed by atoms with Crippen LogP contribution < -0.4 is 5.73 Å². The SMILES string of the molecule is Cc1ccnc2c1nc(N)n2C1CCCCCC1C. The maximum Gasteiger partial charge on any atom is 0.202 e. The Kier molecular flexibility index (Phi) is 3.17. The van der Waals surface area contributed by atoms with E-state index in [-0.39, 0.29) is 0 Å². The van der Waals surface area contributed by atoms with Gasteiger partial charge in [-0.05, 0) is 37.3 Å². The Morgan fingerprint density at radius 2 is 2.05 bits per heavy atom. The van der Waals surface area contributed by atoms with E-state index in [2.05, 4.69) is 28.4 Å². The highest BCUT2D eigenvalue weighted by molar-refractivity contribution is 5.77. The Labute approximate surface area is 114 Å². The molecule has 1 fully saturated rings. The molecule has 1 saturated carbocycles. The summed E-state index contributed by atoms with van der Waals surface area (Å²) < 4.78 is 2.18. The molecule has 0 bridgehead atoms. The van der Waals surface area contributed by atoms with E-state index in [0.717, 1.165) is 16.7 Å². The highest BCUT2D eigenvalue weighted by atomic mass is 15.2. The summed E-state index contributed by atoms with van der Waals surface area (Å²) in [7, 11) is 0. The van der Waals surface area contributed by atoms with Gasteiger partial charge in [0.25, 0.3) is 0 Å². The van der Waals surface area contributed by atoms with E-state index >= 15 is 0 Å². The largest absolute Gasteiger partial charge is 0.369 e. The van der Waals surface area contributed by atoms with Crippen molar-refractivity contribution in [2.45, 2.75) is 52.0 Å². The maximum atomic E-state index is 6.18. The van der Waals surface area contributed by atoms with Crippen molar-refractivity contribution in [3.63, 3.8) is 0 Å². The Balaban J connectivity index is 2.13. The van der Waals surface area contributed by atoms with Gasteiger partial charge < -0.3 is 5.73 Å². The van der Waals surface area contributed by atoms with Crippen LogP contribution in [0.4, 0.5) is 5.95 Å². The molecule has 0 radical (unpaired) electrons. The van der Waals surface area contributed by atoms with Crippen LogP contribution in [0.1, 0.15) is 50.6 Å². The van der Waals surface area contributed by atoms with Crippen LogP contribution in [0.15, 0.2) is 12.3 Å². The van der Waals surface area contributed by atoms with Crippen LogP contribution in [-0.4, -0.2) is 14.5 Å². The lowest BCUT2D eigenvalue weighted by Crippen LogP contribution is -2.18. The lowest BCUT2D eigenvalue weighted by molar-refractivity contribution is 0.343. The van der Waals surface area contributed by atoms with Crippen molar-refractivity contribution in [3.8, 4) is 0 Å². The Morgan fingerprint density at radius 3 is 2.89 bits per heavy atom. The van der Waals surface area contributed by atoms with Gasteiger partial charge in [-0.25, -0.2) is 9.97 Å². The van der Waals surface area contributed by atoms with Gasteiger partial charge in [-0.15, -0.1) is 0 Å². The number of imidazole rings is 1. The van der Waals surface area contributed by atoms with Gasteiger partial charge in [0.2, 0.25) is 5.95 Å². The summed E-state index contributed by atoms with van der Waals surface area (Å²) in [5.41, 5.74) is 9.24. The molecule has 2 aromatic rings. The Bertz CT molecular complexity index is 587. The number of rotatable bonds is 1. The molecule has 1 aliphatic rings. The minimum atomic E-state index is 0.446. The zero-order valence-electron chi connectivity index (χ0n) is 11.8. The van der Waals surface area contributed by atoms with Gasteiger partial charge in [-0.3, -0.25) is 4.57 Å². The third kappa shape index (κ3) is 2.09. The lowest BCUT2D eigenvalue weighted by Gasteiger charge is -2.24. The maximum absolute atomic E-state index is 6.18. The molecule has 2 heterocycles. The third-order valence-electron chi connectivity index (χ3n) is 4.46. The van der Waals surface area contributed by atoms with Gasteiger partial charge in [0.05, 0.1) is 0 Å². The minimum Gasteiger partial charge on any atom is -0.369 e. The fourth-order valence-corrected chi connectivity index (χ4v) is 3.31. The average Bonchev–Trinajstić information content (AvgIpc) is 2.57. The van der Waals surface area contributed by atoms with E-state index in [4.69, 9.17) is 5.73 Å². The van der Waals surface area contributed by atoms with Crippen molar-refractivity contribution < 1.29 is 0 Å². The van der Waals surface area contributed by atoms with Crippen molar-refractivity contribution >= 4 is 17.1 Å². The molecule has 0 amide bonds. The van der Waals surface area contributed by atoms with Gasteiger partial charge in [-0.1, -0.05) is 26.2 Å². The molecule has 0 aliphatic heterocycles. The molecule has 102 valence electrons. The second kappa shape index (κ2) is 4.83. The number of nitrogens with two attached hydrogens (primary N) is 1. The summed E-state index contributed by atoms with van der Waals surface area (Å²) in [4.78, 5) is 9.05. The standard InChI is InChI=1S/C15H22N4/c1-10-6-4-3-5-7-12(10)19-14-13(18-15(19)16)11(2)8-9-17-14/h8-10,12H,3-7H2,1-2H3,(H2,16,18). The molecule has 2 N–H and O–H groups in total. The number of nitrogens with zero attached hydrogens (tertiary/aromatic N) is 3. The lowest BCUT2D eigenvalue weighted by atomic mass is 9.97. The van der Waals surface area contributed by atoms with Crippen molar-refractivity contribution in [2.24, 2.45) is 5.92 Å². The van der Waals surface area contributed by atoms with E-state index in [1.807, 2.05) is 12.3 Å². The van der Waals surface area contributed by atoms with Crippen LogP contribution in [0.25, 0.3) is 11.2 Å². The number of fused-ring (bicyclic) bond motifs is 1. The van der Waals surface area contributed by atoms with Crippen LogP contribution in [0, 0.1) is 12.8 Å². The molecule has 0 spiro atoms. The topological polar surface area (TPSA) is 56.7 Å². The first-order valence-electron chi connectivity index (χ1n) is 7.27. The summed E-state index contributed by atoms with van der Waals surface area (Å²) in [6.07, 6.45) is 8.26. The molecule has 1 aliphatic carbocycles. The molecule has 3 rings (SSSR count). The van der Waals surface area contributed by atoms with E-state index in [1.54, 1.807) is 0 Å². The number of pyridine rings is 1. The minimum absolute atomic E-state index is 0.446. The molecule has 19 heavy (non-hydrogen) atoms. The number of hydrogen-bond acceptors (Lipinski definition) is 3. The van der Waals surface area contributed by atoms with Crippen LogP contribution in [0.3, 0.4) is 0 Å². The molecule has 2 aromatic heterocycles. The number of hydrogen-bond donors (Lipinski definition) is 1. The van der Waals surface area contributed by atoms with Gasteiger partial charge in [0.1, 0.15) is 5.52 Å². The third-order valence-corrected chi connectivity index (χ3v) is 4.46. The first kappa shape index (κ1) is 12.5. The Morgan fingerprint density at radius 1 is 1.26 bits per heavy atom. The highest BCUT2D eigenvalue weighted by Gasteiger charge is 2.25. The van der Waals surface area contributed by atoms with Crippen molar-refractivity contribution in [1.82, 2.24) is 14.5 Å². The molecule has 0 saturated heterocycles. The first-order valence-corrected chi connectivity index (χ1v) is 7.27. The average molecular weight is 258 g/mol. The molecule has 4 heteroatoms. The van der Waals surface area contributed by atoms with Crippen LogP contribution in [0.5, 0.6) is 0 Å². The van der Waals surface area contributed by atoms with Crippen LogP contribution >= 0.6 is 0 Å². The van der Waals surface area contributed by atoms with Gasteiger partial charge in [0.15, 0.2) is 5.65 Å². The predicted molar refractivity (Wildman–Crippen MR) is 78.0 cm³/mol. The van der Waals surface area contributed by atoms with Crippen molar-refractivity contribution in [3.05, 3.63) is 17.8 Å². The first-order chi connectivity index (χ1) is 9.18. The second-order valence-corrected chi connectivity index (χ2v) is 5.82. The number of anilines is 1. The van der Waals surface area contributed by atoms with Gasteiger partial charge in [-0.2, -0.15) is 0 Å². The van der Waals surface area contributed by atoms with E-state index in [9.17, 15) is 0 Å². The molecule has 2 atom stereocenters. The summed E-state index contributed by atoms with van der Waals surface area (Å²) in [5.74, 6) is 1.26. The van der Waals surface area contributed by atoms with Gasteiger partial charge in [0, 0.05) is 12.2 Å². The smallest absolute Gasteiger partial charge is 0.202 e. The fourth-order valence-electron chi connectivity index (χ4n) is 3.31. The zero-order valence-corrected chi connectivity index (χ0v) is 11.8. The number of aryl methyl sites for hydroxylation is 1. The Hall–Kier alpha value is -1.58. The fraction of sp³-hybridized carbons (Fsp3) is 0.600. The number of nitrogen functional groups attached to an aromatic ring is 1. The van der Waals surface area contributed by atoms with E-state index in [0.29, 0.717) is 17.9 Å². The zero-order chi connectivity index (χ0) is 13.4. The van der Waals surface area contributed by atoms with Crippen molar-refractivity contribution in [1.29, 1.82) is 0 Å².